The van der Waals surface area contributed by atoms with Crippen LogP contribution in [0.25, 0.3) is 17.1 Å². The zero-order chi connectivity index (χ0) is 15.0. The number of nitrogens with zero attached hydrogens (tertiary/aromatic N) is 4. The molecule has 2 N–H and O–H groups in total. The van der Waals surface area contributed by atoms with Gasteiger partial charge in [-0.05, 0) is 40.8 Å². The third-order valence-corrected chi connectivity index (χ3v) is 3.46. The highest BCUT2D eigenvalue weighted by atomic mass is 35.5. The molecule has 2 aromatic carbocycles. The Morgan fingerprint density at radius 2 is 1.95 bits per heavy atom. The van der Waals surface area contributed by atoms with Crippen molar-refractivity contribution in [2.45, 2.75) is 0 Å². The van der Waals surface area contributed by atoms with Gasteiger partial charge in [-0.25, -0.2) is 4.39 Å². The van der Waals surface area contributed by atoms with Crippen LogP contribution in [0.3, 0.4) is 0 Å². The lowest BCUT2D eigenvalue weighted by atomic mass is 10.1. The van der Waals surface area contributed by atoms with E-state index < -0.39 is 5.82 Å². The van der Waals surface area contributed by atoms with Crippen molar-refractivity contribution in [3.8, 4) is 17.1 Å². The van der Waals surface area contributed by atoms with Gasteiger partial charge in [0.25, 0.3) is 0 Å². The van der Waals surface area contributed by atoms with E-state index in [1.807, 2.05) is 0 Å². The molecule has 5 nitrogen and oxygen atoms in total. The van der Waals surface area contributed by atoms with E-state index in [0.717, 1.165) is 0 Å². The fourth-order valence-electron chi connectivity index (χ4n) is 1.90. The van der Waals surface area contributed by atoms with Crippen LogP contribution in [0.4, 0.5) is 10.1 Å². The Balaban J connectivity index is 2.22. The molecular formula is C13H8Cl2FN5. The van der Waals surface area contributed by atoms with Gasteiger partial charge in [0.1, 0.15) is 11.5 Å². The molecule has 0 saturated carbocycles. The third-order valence-electron chi connectivity index (χ3n) is 2.90. The van der Waals surface area contributed by atoms with E-state index in [9.17, 15) is 4.39 Å². The van der Waals surface area contributed by atoms with Crippen LogP contribution in [-0.2, 0) is 0 Å². The number of tetrazole rings is 1. The maximum Gasteiger partial charge on any atom is 0.189 e. The molecule has 21 heavy (non-hydrogen) atoms. The first-order chi connectivity index (χ1) is 10.1. The Labute approximate surface area is 129 Å². The summed E-state index contributed by atoms with van der Waals surface area (Å²) in [6.45, 7) is 0. The molecule has 0 aliphatic rings. The van der Waals surface area contributed by atoms with Crippen LogP contribution >= 0.6 is 23.2 Å². The van der Waals surface area contributed by atoms with Gasteiger partial charge in [-0.1, -0.05) is 29.3 Å². The second-order valence-corrected chi connectivity index (χ2v) is 5.05. The monoisotopic (exact) mass is 323 g/mol. The average molecular weight is 324 g/mol. The van der Waals surface area contributed by atoms with E-state index >= 15 is 0 Å². The second-order valence-electron chi connectivity index (χ2n) is 4.21. The molecule has 106 valence electrons. The molecule has 0 amide bonds. The first kappa shape index (κ1) is 13.8. The molecule has 0 fully saturated rings. The van der Waals surface area contributed by atoms with Crippen LogP contribution in [0.5, 0.6) is 0 Å². The van der Waals surface area contributed by atoms with Gasteiger partial charge in [0.15, 0.2) is 5.82 Å². The maximum atomic E-state index is 14.0. The van der Waals surface area contributed by atoms with Gasteiger partial charge < -0.3 is 5.73 Å². The fourth-order valence-corrected chi connectivity index (χ4v) is 2.24. The Morgan fingerprint density at radius 3 is 2.76 bits per heavy atom. The van der Waals surface area contributed by atoms with Crippen molar-refractivity contribution in [1.82, 2.24) is 20.2 Å². The molecule has 3 rings (SSSR count). The lowest BCUT2D eigenvalue weighted by Crippen LogP contribution is -2.04. The summed E-state index contributed by atoms with van der Waals surface area (Å²) in [5, 5.41) is 12.0. The Bertz CT molecular complexity index is 802. The molecular weight excluding hydrogens is 316 g/mol. The van der Waals surface area contributed by atoms with E-state index in [-0.39, 0.29) is 11.5 Å². The number of nitrogen functional groups attached to an aromatic ring is 1. The summed E-state index contributed by atoms with van der Waals surface area (Å²) in [6, 6.07) is 9.17. The van der Waals surface area contributed by atoms with Crippen LogP contribution in [0.15, 0.2) is 36.4 Å². The van der Waals surface area contributed by atoms with E-state index in [0.29, 0.717) is 21.3 Å². The predicted octanol–water partition coefficient (Wildman–Crippen LogP) is 3.36. The third kappa shape index (κ3) is 2.43. The van der Waals surface area contributed by atoms with Crippen LogP contribution in [0.1, 0.15) is 0 Å². The zero-order valence-corrected chi connectivity index (χ0v) is 12.0. The summed E-state index contributed by atoms with van der Waals surface area (Å²) >= 11 is 11.9. The van der Waals surface area contributed by atoms with Crippen LogP contribution in [0, 0.1) is 5.82 Å². The molecule has 0 aliphatic carbocycles. The van der Waals surface area contributed by atoms with Gasteiger partial charge in [-0.15, -0.1) is 5.10 Å². The summed E-state index contributed by atoms with van der Waals surface area (Å²) in [5.41, 5.74) is 6.88. The molecule has 0 unspecified atom stereocenters. The predicted molar refractivity (Wildman–Crippen MR) is 79.0 cm³/mol. The minimum absolute atomic E-state index is 0.127. The van der Waals surface area contributed by atoms with Gasteiger partial charge >= 0.3 is 0 Å². The SMILES string of the molecule is Nc1c(Cl)cccc1-c1nnnn1-c1cc(Cl)ccc1F. The van der Waals surface area contributed by atoms with Gasteiger partial charge in [-0.3, -0.25) is 0 Å². The number of para-hydroxylation sites is 1. The summed E-state index contributed by atoms with van der Waals surface area (Å²) in [5.74, 6) is -0.232. The van der Waals surface area contributed by atoms with Crippen molar-refractivity contribution in [2.75, 3.05) is 5.73 Å². The Kier molecular flexibility index (Phi) is 3.48. The highest BCUT2D eigenvalue weighted by Crippen LogP contribution is 2.31. The number of aromatic nitrogens is 4. The van der Waals surface area contributed by atoms with E-state index in [1.54, 1.807) is 18.2 Å². The standard InChI is InChI=1S/C13H8Cl2FN5/c14-7-4-5-10(16)11(6-7)21-13(18-19-20-21)8-2-1-3-9(15)12(8)17/h1-6H,17H2. The quantitative estimate of drug-likeness (QED) is 0.734. The highest BCUT2D eigenvalue weighted by Gasteiger charge is 2.17. The first-order valence-electron chi connectivity index (χ1n) is 5.86. The van der Waals surface area contributed by atoms with E-state index in [1.165, 1.54) is 22.9 Å². The van der Waals surface area contributed by atoms with Crippen molar-refractivity contribution in [2.24, 2.45) is 0 Å². The largest absolute Gasteiger partial charge is 0.397 e. The smallest absolute Gasteiger partial charge is 0.189 e. The van der Waals surface area contributed by atoms with Crippen LogP contribution in [0.2, 0.25) is 10.0 Å². The van der Waals surface area contributed by atoms with Gasteiger partial charge in [0.05, 0.1) is 10.7 Å². The van der Waals surface area contributed by atoms with Crippen molar-refractivity contribution in [3.63, 3.8) is 0 Å². The number of hydrogen-bond acceptors (Lipinski definition) is 4. The lowest BCUT2D eigenvalue weighted by molar-refractivity contribution is 0.608. The summed E-state index contributed by atoms with van der Waals surface area (Å²) < 4.78 is 15.2. The molecule has 0 atom stereocenters. The number of nitrogens with two attached hydrogens (primary N) is 1. The summed E-state index contributed by atoms with van der Waals surface area (Å²) in [6.07, 6.45) is 0. The van der Waals surface area contributed by atoms with Crippen molar-refractivity contribution in [1.29, 1.82) is 0 Å². The summed E-state index contributed by atoms with van der Waals surface area (Å²) in [7, 11) is 0. The normalized spacial score (nSPS) is 10.8. The minimum Gasteiger partial charge on any atom is -0.397 e. The molecule has 1 aromatic heterocycles. The van der Waals surface area contributed by atoms with Gasteiger partial charge in [-0.2, -0.15) is 4.68 Å². The zero-order valence-electron chi connectivity index (χ0n) is 10.5. The van der Waals surface area contributed by atoms with Crippen LogP contribution in [-0.4, -0.2) is 20.2 Å². The van der Waals surface area contributed by atoms with Gasteiger partial charge in [0, 0.05) is 10.6 Å². The molecule has 0 bridgehead atoms. The van der Waals surface area contributed by atoms with Crippen molar-refractivity contribution in [3.05, 3.63) is 52.3 Å². The molecule has 3 aromatic rings. The maximum absolute atomic E-state index is 14.0. The summed E-state index contributed by atoms with van der Waals surface area (Å²) in [4.78, 5) is 0. The number of anilines is 1. The highest BCUT2D eigenvalue weighted by molar-refractivity contribution is 6.33. The first-order valence-corrected chi connectivity index (χ1v) is 6.61. The van der Waals surface area contributed by atoms with Crippen LogP contribution < -0.4 is 5.73 Å². The van der Waals surface area contributed by atoms with E-state index in [2.05, 4.69) is 15.5 Å². The molecule has 0 spiro atoms. The molecule has 0 saturated heterocycles. The second kappa shape index (κ2) is 5.31. The topological polar surface area (TPSA) is 69.6 Å². The van der Waals surface area contributed by atoms with E-state index in [4.69, 9.17) is 28.9 Å². The Morgan fingerprint density at radius 1 is 1.14 bits per heavy atom. The number of hydrogen-bond donors (Lipinski definition) is 1. The number of halogens is 3. The fraction of sp³-hybridized carbons (Fsp3) is 0. The minimum atomic E-state index is -0.506. The number of rotatable bonds is 2. The molecule has 8 heteroatoms. The van der Waals surface area contributed by atoms with Crippen molar-refractivity contribution >= 4 is 28.9 Å². The molecule has 0 aliphatic heterocycles. The average Bonchev–Trinajstić information content (AvgIpc) is 2.93. The number of benzene rings is 2. The molecule has 0 radical (unpaired) electrons. The Hall–Kier alpha value is -2.18. The lowest BCUT2D eigenvalue weighted by Gasteiger charge is -2.09. The van der Waals surface area contributed by atoms with Crippen molar-refractivity contribution < 1.29 is 4.39 Å². The molecule has 1 heterocycles. The van der Waals surface area contributed by atoms with Gasteiger partial charge in [0.2, 0.25) is 0 Å².